The summed E-state index contributed by atoms with van der Waals surface area (Å²) in [6.45, 7) is 1.79. The molecule has 1 rings (SSSR count). The highest BCUT2D eigenvalue weighted by molar-refractivity contribution is 7.80. The predicted molar refractivity (Wildman–Crippen MR) is 34.5 cm³/mol. The molecule has 0 saturated carbocycles. The molecule has 0 bridgehead atoms. The number of aromatic amines is 1. The molecule has 9 heavy (non-hydrogen) atoms. The zero-order chi connectivity index (χ0) is 6.85. The molecule has 0 amide bonds. The van der Waals surface area contributed by atoms with Crippen molar-refractivity contribution in [1.82, 2.24) is 10.1 Å². The van der Waals surface area contributed by atoms with Gasteiger partial charge in [0, 0.05) is 0 Å². The van der Waals surface area contributed by atoms with Crippen LogP contribution in [0.1, 0.15) is 18.0 Å². The van der Waals surface area contributed by atoms with E-state index in [2.05, 4.69) is 27.3 Å². The van der Waals surface area contributed by atoms with Crippen LogP contribution in [0.4, 0.5) is 0 Å². The van der Waals surface area contributed by atoms with Gasteiger partial charge in [-0.05, 0) is 6.92 Å². The third-order valence-electron chi connectivity index (χ3n) is 0.853. The zero-order valence-electron chi connectivity index (χ0n) is 4.79. The third kappa shape index (κ3) is 1.35. The smallest absolute Gasteiger partial charge is 0.296 e. The summed E-state index contributed by atoms with van der Waals surface area (Å²) >= 11 is 4.01. The molecule has 1 aromatic heterocycles. The van der Waals surface area contributed by atoms with Gasteiger partial charge in [-0.3, -0.25) is 9.51 Å². The Balaban J connectivity index is 2.98. The summed E-state index contributed by atoms with van der Waals surface area (Å²) in [7, 11) is 0. The van der Waals surface area contributed by atoms with Gasteiger partial charge < -0.3 is 0 Å². The van der Waals surface area contributed by atoms with Crippen molar-refractivity contribution >= 4 is 12.6 Å². The van der Waals surface area contributed by atoms with E-state index in [-0.39, 0.29) is 5.25 Å². The summed E-state index contributed by atoms with van der Waals surface area (Å²) in [5, 5.41) is 3.31. The molecule has 0 aromatic carbocycles. The van der Waals surface area contributed by atoms with Gasteiger partial charge in [-0.25, -0.2) is 4.79 Å². The number of hydrogen-bond acceptors (Lipinski definition) is 4. The van der Waals surface area contributed by atoms with Gasteiger partial charge in [0.2, 0.25) is 0 Å². The van der Waals surface area contributed by atoms with Crippen molar-refractivity contribution < 1.29 is 4.52 Å². The average molecular weight is 146 g/mol. The van der Waals surface area contributed by atoms with E-state index in [0.29, 0.717) is 5.82 Å². The van der Waals surface area contributed by atoms with Crippen LogP contribution in [-0.4, -0.2) is 10.1 Å². The van der Waals surface area contributed by atoms with Crippen LogP contribution < -0.4 is 5.76 Å². The van der Waals surface area contributed by atoms with Gasteiger partial charge in [-0.1, -0.05) is 5.16 Å². The summed E-state index contributed by atoms with van der Waals surface area (Å²) < 4.78 is 4.22. The summed E-state index contributed by atoms with van der Waals surface area (Å²) in [5.41, 5.74) is 0. The van der Waals surface area contributed by atoms with Gasteiger partial charge >= 0.3 is 5.76 Å². The van der Waals surface area contributed by atoms with E-state index in [9.17, 15) is 4.79 Å². The van der Waals surface area contributed by atoms with Crippen molar-refractivity contribution in [1.29, 1.82) is 0 Å². The van der Waals surface area contributed by atoms with Gasteiger partial charge in [0.05, 0.1) is 5.25 Å². The standard InChI is InChI=1S/C4H6N2O2S/c1-2(9)3-5-4(7)8-6-3/h2,9H,1H3,(H,5,6,7). The number of aromatic nitrogens is 2. The number of nitrogens with one attached hydrogen (secondary N) is 1. The highest BCUT2D eigenvalue weighted by Gasteiger charge is 2.03. The lowest BCUT2D eigenvalue weighted by molar-refractivity contribution is 0.381. The van der Waals surface area contributed by atoms with E-state index in [4.69, 9.17) is 0 Å². The molecule has 0 fully saturated rings. The molecule has 0 aliphatic heterocycles. The number of nitrogens with zero attached hydrogens (tertiary/aromatic N) is 1. The van der Waals surface area contributed by atoms with E-state index >= 15 is 0 Å². The Bertz CT molecular complexity index is 239. The number of hydrogen-bond donors (Lipinski definition) is 2. The van der Waals surface area contributed by atoms with Crippen LogP contribution in [0.3, 0.4) is 0 Å². The molecular formula is C4H6N2O2S. The Labute approximate surface area is 56.7 Å². The molecule has 0 spiro atoms. The maximum absolute atomic E-state index is 10.3. The lowest BCUT2D eigenvalue weighted by Crippen LogP contribution is -1.96. The highest BCUT2D eigenvalue weighted by Crippen LogP contribution is 2.10. The van der Waals surface area contributed by atoms with Crippen LogP contribution in [-0.2, 0) is 0 Å². The first-order chi connectivity index (χ1) is 4.20. The van der Waals surface area contributed by atoms with Crippen LogP contribution in [0.25, 0.3) is 0 Å². The topological polar surface area (TPSA) is 58.9 Å². The van der Waals surface area contributed by atoms with E-state index in [0.717, 1.165) is 0 Å². The molecular weight excluding hydrogens is 140 g/mol. The number of H-pyrrole nitrogens is 1. The summed E-state index contributed by atoms with van der Waals surface area (Å²) in [6, 6.07) is 0. The maximum Gasteiger partial charge on any atom is 0.438 e. The lowest BCUT2D eigenvalue weighted by atomic mass is 10.5. The van der Waals surface area contributed by atoms with Crippen molar-refractivity contribution in [3.8, 4) is 0 Å². The lowest BCUT2D eigenvalue weighted by Gasteiger charge is -1.91. The van der Waals surface area contributed by atoms with Crippen molar-refractivity contribution in [3.05, 3.63) is 16.4 Å². The van der Waals surface area contributed by atoms with Crippen molar-refractivity contribution in [2.75, 3.05) is 0 Å². The Kier molecular flexibility index (Phi) is 1.61. The first-order valence-corrected chi connectivity index (χ1v) is 2.96. The van der Waals surface area contributed by atoms with Gasteiger partial charge in [-0.15, -0.1) is 0 Å². The van der Waals surface area contributed by atoms with Crippen LogP contribution in [0.5, 0.6) is 0 Å². The van der Waals surface area contributed by atoms with Gasteiger partial charge in [0.1, 0.15) is 0 Å². The van der Waals surface area contributed by atoms with E-state index < -0.39 is 5.76 Å². The Hall–Kier alpha value is -0.710. The maximum atomic E-state index is 10.3. The van der Waals surface area contributed by atoms with Crippen LogP contribution >= 0.6 is 12.6 Å². The minimum Gasteiger partial charge on any atom is -0.296 e. The van der Waals surface area contributed by atoms with Crippen molar-refractivity contribution in [3.63, 3.8) is 0 Å². The third-order valence-corrected chi connectivity index (χ3v) is 1.10. The summed E-state index contributed by atoms with van der Waals surface area (Å²) in [4.78, 5) is 12.6. The molecule has 0 aliphatic carbocycles. The van der Waals surface area contributed by atoms with Gasteiger partial charge in [-0.2, -0.15) is 12.6 Å². The van der Waals surface area contributed by atoms with Crippen LogP contribution in [0.15, 0.2) is 9.32 Å². The summed E-state index contributed by atoms with van der Waals surface area (Å²) in [5.74, 6) is -0.0748. The first-order valence-electron chi connectivity index (χ1n) is 2.44. The van der Waals surface area contributed by atoms with Gasteiger partial charge in [0.15, 0.2) is 5.82 Å². The fourth-order valence-electron chi connectivity index (χ4n) is 0.422. The fraction of sp³-hybridized carbons (Fsp3) is 0.500. The Morgan fingerprint density at radius 3 is 2.78 bits per heavy atom. The van der Waals surface area contributed by atoms with Crippen LogP contribution in [0, 0.1) is 0 Å². The van der Waals surface area contributed by atoms with Crippen molar-refractivity contribution in [2.24, 2.45) is 0 Å². The van der Waals surface area contributed by atoms with E-state index in [1.165, 1.54) is 0 Å². The normalized spacial score (nSPS) is 13.6. The average Bonchev–Trinajstić information content (AvgIpc) is 2.14. The summed E-state index contributed by atoms with van der Waals surface area (Å²) in [6.07, 6.45) is 0. The minimum atomic E-state index is -0.536. The molecule has 1 atom stereocenters. The van der Waals surface area contributed by atoms with E-state index in [1.54, 1.807) is 6.92 Å². The second-order valence-corrected chi connectivity index (χ2v) is 2.43. The second-order valence-electron chi connectivity index (χ2n) is 1.66. The molecule has 1 aromatic rings. The van der Waals surface area contributed by atoms with E-state index in [1.807, 2.05) is 0 Å². The predicted octanol–water partition coefficient (Wildman–Crippen LogP) is 0.354. The Morgan fingerprint density at radius 1 is 1.89 bits per heavy atom. The largest absolute Gasteiger partial charge is 0.438 e. The first kappa shape index (κ1) is 6.41. The Morgan fingerprint density at radius 2 is 2.56 bits per heavy atom. The molecule has 0 aliphatic rings. The molecule has 1 unspecified atom stereocenters. The number of thiol groups is 1. The minimum absolute atomic E-state index is 0.0866. The van der Waals surface area contributed by atoms with Crippen molar-refractivity contribution in [2.45, 2.75) is 12.2 Å². The molecule has 50 valence electrons. The van der Waals surface area contributed by atoms with Gasteiger partial charge in [0.25, 0.3) is 0 Å². The highest BCUT2D eigenvalue weighted by atomic mass is 32.1. The molecule has 0 radical (unpaired) electrons. The SMILES string of the molecule is CC(S)c1noc(=O)[nH]1. The number of rotatable bonds is 1. The van der Waals surface area contributed by atoms with Crippen LogP contribution in [0.2, 0.25) is 0 Å². The second kappa shape index (κ2) is 2.26. The quantitative estimate of drug-likeness (QED) is 0.562. The molecule has 0 saturated heterocycles. The molecule has 5 heteroatoms. The zero-order valence-corrected chi connectivity index (χ0v) is 5.68. The monoisotopic (exact) mass is 146 g/mol. The molecule has 4 nitrogen and oxygen atoms in total. The molecule has 1 N–H and O–H groups in total. The molecule has 1 heterocycles. The fourth-order valence-corrected chi connectivity index (χ4v) is 0.533.